The van der Waals surface area contributed by atoms with Crippen LogP contribution in [0.25, 0.3) is 6.08 Å². The van der Waals surface area contributed by atoms with E-state index in [0.717, 1.165) is 26.7 Å². The van der Waals surface area contributed by atoms with E-state index >= 15 is 0 Å². The van der Waals surface area contributed by atoms with Crippen LogP contribution >= 0.6 is 27.7 Å². The lowest BCUT2D eigenvalue weighted by atomic mass is 10.1. The summed E-state index contributed by atoms with van der Waals surface area (Å²) in [6.45, 7) is 2.47. The Bertz CT molecular complexity index is 1300. The van der Waals surface area contributed by atoms with Gasteiger partial charge in [0.15, 0.2) is 0 Å². The molecule has 0 spiro atoms. The molecule has 3 aromatic carbocycles. The Morgan fingerprint density at radius 3 is 2.61 bits per heavy atom. The maximum atomic E-state index is 13.0. The third-order valence-electron chi connectivity index (χ3n) is 5.11. The minimum absolute atomic E-state index is 0.0566. The molecule has 5 nitrogen and oxygen atoms in total. The van der Waals surface area contributed by atoms with Crippen molar-refractivity contribution >= 4 is 44.9 Å². The summed E-state index contributed by atoms with van der Waals surface area (Å²) in [6, 6.07) is 22.7. The summed E-state index contributed by atoms with van der Waals surface area (Å²) in [4.78, 5) is 27.1. The first-order valence-electron chi connectivity index (χ1n) is 10.2. The molecule has 1 fully saturated rings. The van der Waals surface area contributed by atoms with Crippen LogP contribution in [0.3, 0.4) is 0 Å². The van der Waals surface area contributed by atoms with Gasteiger partial charge in [0.2, 0.25) is 0 Å². The van der Waals surface area contributed by atoms with Crippen LogP contribution in [-0.4, -0.2) is 16.0 Å². The summed E-state index contributed by atoms with van der Waals surface area (Å²) in [5.41, 5.74) is 3.98. The molecule has 1 aliphatic heterocycles. The topological polar surface area (TPSA) is 70.4 Å². The van der Waals surface area contributed by atoms with Crippen LogP contribution in [-0.2, 0) is 17.9 Å². The van der Waals surface area contributed by atoms with E-state index in [4.69, 9.17) is 4.74 Å². The number of benzene rings is 3. The number of imide groups is 1. The zero-order chi connectivity index (χ0) is 23.4. The number of carbonyl (C=O) groups excluding carboxylic acids is 2. The number of halogens is 1. The molecule has 33 heavy (non-hydrogen) atoms. The summed E-state index contributed by atoms with van der Waals surface area (Å²) in [7, 11) is 0. The fraction of sp³-hybridized carbons (Fsp3) is 0.115. The molecule has 2 amide bonds. The molecule has 0 radical (unpaired) electrons. The Balaban J connectivity index is 1.56. The predicted octanol–water partition coefficient (Wildman–Crippen LogP) is 6.44. The van der Waals surface area contributed by atoms with Crippen LogP contribution in [0.1, 0.15) is 27.8 Å². The van der Waals surface area contributed by atoms with Crippen molar-refractivity contribution < 1.29 is 14.3 Å². The smallest absolute Gasteiger partial charge is 0.293 e. The van der Waals surface area contributed by atoms with Crippen LogP contribution in [0.4, 0.5) is 4.79 Å². The maximum absolute atomic E-state index is 13.0. The Hall–Kier alpha value is -3.34. The standard InChI is InChI=1S/C26H19BrN2O3S/c1-17-6-8-18(9-7-17)16-32-23-11-10-22(27)12-21(23)13-24-25(30)29(26(31)33-24)15-20-5-3-2-4-19(20)14-28/h2-13H,15-16H2,1H3/b24-13+. The lowest BCUT2D eigenvalue weighted by Crippen LogP contribution is -2.27. The summed E-state index contributed by atoms with van der Waals surface area (Å²) in [6.07, 6.45) is 1.68. The number of nitrogens with zero attached hydrogens (tertiary/aromatic N) is 2. The van der Waals surface area contributed by atoms with Crippen molar-refractivity contribution in [3.63, 3.8) is 0 Å². The molecule has 0 N–H and O–H groups in total. The highest BCUT2D eigenvalue weighted by Gasteiger charge is 2.35. The van der Waals surface area contributed by atoms with Gasteiger partial charge in [-0.2, -0.15) is 5.26 Å². The molecule has 3 aromatic rings. The highest BCUT2D eigenvalue weighted by atomic mass is 79.9. The van der Waals surface area contributed by atoms with Crippen LogP contribution in [0.2, 0.25) is 0 Å². The molecular formula is C26H19BrN2O3S. The summed E-state index contributed by atoms with van der Waals surface area (Å²) >= 11 is 4.35. The van der Waals surface area contributed by atoms with Crippen molar-refractivity contribution in [1.82, 2.24) is 4.90 Å². The number of ether oxygens (including phenoxy) is 1. The van der Waals surface area contributed by atoms with Gasteiger partial charge in [0.05, 0.1) is 23.1 Å². The number of hydrogen-bond acceptors (Lipinski definition) is 5. The van der Waals surface area contributed by atoms with Crippen molar-refractivity contribution in [2.24, 2.45) is 0 Å². The van der Waals surface area contributed by atoms with E-state index in [1.807, 2.05) is 49.4 Å². The van der Waals surface area contributed by atoms with Crippen LogP contribution in [0.15, 0.2) is 76.1 Å². The van der Waals surface area contributed by atoms with Crippen LogP contribution in [0.5, 0.6) is 5.75 Å². The van der Waals surface area contributed by atoms with Crippen molar-refractivity contribution in [3.8, 4) is 11.8 Å². The summed E-state index contributed by atoms with van der Waals surface area (Å²) < 4.78 is 6.85. The zero-order valence-corrected chi connectivity index (χ0v) is 20.2. The van der Waals surface area contributed by atoms with Gasteiger partial charge in [-0.25, -0.2) is 0 Å². The largest absolute Gasteiger partial charge is 0.488 e. The first kappa shape index (κ1) is 22.8. The molecule has 0 saturated carbocycles. The highest BCUT2D eigenvalue weighted by molar-refractivity contribution is 9.10. The number of aryl methyl sites for hydroxylation is 1. The average molecular weight is 519 g/mol. The van der Waals surface area contributed by atoms with E-state index in [1.54, 1.807) is 30.3 Å². The number of nitriles is 1. The molecule has 1 aliphatic rings. The summed E-state index contributed by atoms with van der Waals surface area (Å²) in [5, 5.41) is 8.94. The number of thioether (sulfide) groups is 1. The Labute approximate surface area is 204 Å². The molecule has 0 unspecified atom stereocenters. The van der Waals surface area contributed by atoms with Crippen molar-refractivity contribution in [1.29, 1.82) is 5.26 Å². The van der Waals surface area contributed by atoms with E-state index in [-0.39, 0.29) is 17.7 Å². The SMILES string of the molecule is Cc1ccc(COc2ccc(Br)cc2/C=C2/SC(=O)N(Cc3ccccc3C#N)C2=O)cc1. The Morgan fingerprint density at radius 2 is 1.85 bits per heavy atom. The fourth-order valence-corrected chi connectivity index (χ4v) is 4.53. The summed E-state index contributed by atoms with van der Waals surface area (Å²) in [5.74, 6) is 0.225. The van der Waals surface area contributed by atoms with Gasteiger partial charge in [-0.05, 0) is 60.2 Å². The van der Waals surface area contributed by atoms with Gasteiger partial charge in [-0.15, -0.1) is 0 Å². The van der Waals surface area contributed by atoms with Crippen molar-refractivity contribution in [2.45, 2.75) is 20.1 Å². The van der Waals surface area contributed by atoms with Gasteiger partial charge in [0, 0.05) is 10.0 Å². The minimum Gasteiger partial charge on any atom is -0.488 e. The van der Waals surface area contributed by atoms with Gasteiger partial charge < -0.3 is 4.74 Å². The van der Waals surface area contributed by atoms with E-state index in [9.17, 15) is 14.9 Å². The third kappa shape index (κ3) is 5.36. The third-order valence-corrected chi connectivity index (χ3v) is 6.51. The number of hydrogen-bond donors (Lipinski definition) is 0. The molecule has 1 heterocycles. The van der Waals surface area contributed by atoms with E-state index in [2.05, 4.69) is 22.0 Å². The Kier molecular flexibility index (Phi) is 6.97. The normalized spacial score (nSPS) is 14.6. The second-order valence-electron chi connectivity index (χ2n) is 7.49. The minimum atomic E-state index is -0.387. The molecule has 4 rings (SSSR count). The lowest BCUT2D eigenvalue weighted by Gasteiger charge is -2.13. The van der Waals surface area contributed by atoms with Gasteiger partial charge in [-0.1, -0.05) is 64.0 Å². The zero-order valence-electron chi connectivity index (χ0n) is 17.7. The van der Waals surface area contributed by atoms with Gasteiger partial charge in [-0.3, -0.25) is 14.5 Å². The first-order valence-corrected chi connectivity index (χ1v) is 11.8. The monoisotopic (exact) mass is 518 g/mol. The fourth-order valence-electron chi connectivity index (χ4n) is 3.32. The maximum Gasteiger partial charge on any atom is 0.293 e. The molecule has 0 aromatic heterocycles. The lowest BCUT2D eigenvalue weighted by molar-refractivity contribution is -0.123. The number of carbonyl (C=O) groups is 2. The molecular weight excluding hydrogens is 500 g/mol. The predicted molar refractivity (Wildman–Crippen MR) is 132 cm³/mol. The van der Waals surface area contributed by atoms with E-state index in [0.29, 0.717) is 34.0 Å². The highest BCUT2D eigenvalue weighted by Crippen LogP contribution is 2.36. The molecule has 7 heteroatoms. The van der Waals surface area contributed by atoms with E-state index < -0.39 is 0 Å². The second kappa shape index (κ2) is 10.1. The molecule has 1 saturated heterocycles. The van der Waals surface area contributed by atoms with Gasteiger partial charge in [0.1, 0.15) is 12.4 Å². The Morgan fingerprint density at radius 1 is 1.09 bits per heavy atom. The number of rotatable bonds is 6. The van der Waals surface area contributed by atoms with Crippen LogP contribution < -0.4 is 4.74 Å². The quantitative estimate of drug-likeness (QED) is 0.351. The molecule has 0 atom stereocenters. The molecule has 0 aliphatic carbocycles. The molecule has 0 bridgehead atoms. The number of amides is 2. The average Bonchev–Trinajstić information content (AvgIpc) is 3.07. The van der Waals surface area contributed by atoms with Gasteiger partial charge in [0.25, 0.3) is 11.1 Å². The first-order chi connectivity index (χ1) is 15.9. The van der Waals surface area contributed by atoms with Crippen LogP contribution in [0, 0.1) is 18.3 Å². The second-order valence-corrected chi connectivity index (χ2v) is 9.40. The molecule has 164 valence electrons. The van der Waals surface area contributed by atoms with Gasteiger partial charge >= 0.3 is 0 Å². The van der Waals surface area contributed by atoms with Crippen molar-refractivity contribution in [3.05, 3.63) is 104 Å². The van der Waals surface area contributed by atoms with Crippen molar-refractivity contribution in [2.75, 3.05) is 0 Å². The van der Waals surface area contributed by atoms with E-state index in [1.165, 1.54) is 5.56 Å².